The zero-order chi connectivity index (χ0) is 25.1. The van der Waals surface area contributed by atoms with Crippen LogP contribution in [0.3, 0.4) is 0 Å². The Morgan fingerprint density at radius 3 is 2.24 bits per heavy atom. The van der Waals surface area contributed by atoms with Crippen LogP contribution in [0.5, 0.6) is 0 Å². The summed E-state index contributed by atoms with van der Waals surface area (Å²) in [4.78, 5) is 14.9. The van der Waals surface area contributed by atoms with E-state index < -0.39 is 0 Å². The minimum absolute atomic E-state index is 0.0472. The van der Waals surface area contributed by atoms with Gasteiger partial charge in [0, 0.05) is 29.4 Å². The van der Waals surface area contributed by atoms with Crippen molar-refractivity contribution in [3.8, 4) is 0 Å². The molecule has 0 spiro atoms. The number of halogens is 1. The van der Waals surface area contributed by atoms with Crippen molar-refractivity contribution in [2.24, 2.45) is 5.73 Å². The van der Waals surface area contributed by atoms with E-state index in [1.807, 2.05) is 44.7 Å². The molecule has 0 saturated carbocycles. The first-order chi connectivity index (χ1) is 15.3. The molecule has 3 aromatic rings. The number of rotatable bonds is 2. The van der Waals surface area contributed by atoms with Crippen LogP contribution in [0, 0.1) is 19.7 Å². The molecule has 0 aliphatic carbocycles. The van der Waals surface area contributed by atoms with Crippen LogP contribution in [0.2, 0.25) is 0 Å². The highest BCUT2D eigenvalue weighted by Gasteiger charge is 2.25. The molecule has 0 amide bonds. The SMILES string of the molecule is CC.CC(C)(C)S.Cc1cc(C(C)N)c2oc(N3Cc4ccc(F)cc4C3)c(C)c(=O)c2c1. The van der Waals surface area contributed by atoms with E-state index in [4.69, 9.17) is 10.2 Å². The Morgan fingerprint density at radius 2 is 1.67 bits per heavy atom. The molecule has 0 fully saturated rings. The van der Waals surface area contributed by atoms with E-state index in [2.05, 4.69) is 33.4 Å². The highest BCUT2D eigenvalue weighted by Crippen LogP contribution is 2.34. The van der Waals surface area contributed by atoms with E-state index in [1.54, 1.807) is 19.1 Å². The summed E-state index contributed by atoms with van der Waals surface area (Å²) in [6.45, 7) is 16.9. The lowest BCUT2D eigenvalue weighted by atomic mass is 10.0. The Hall–Kier alpha value is -2.31. The molecule has 1 aromatic heterocycles. The lowest BCUT2D eigenvalue weighted by Gasteiger charge is -2.20. The standard InChI is InChI=1S/C21H21FN2O2.C4H10S.C2H6/c1-11-6-17(13(3)23)20-18(7-11)19(25)12(2)21(26-20)24-9-14-4-5-16(22)8-15(14)10-24;1-4(2,3)5;1-2/h4-8,13H,9-10,23H2,1-3H3;5H,1-3H3;1-2H3. The second-order valence-corrected chi connectivity index (χ2v) is 10.7. The molecule has 6 heteroatoms. The molecule has 2 heterocycles. The number of nitrogens with two attached hydrogens (primary N) is 1. The summed E-state index contributed by atoms with van der Waals surface area (Å²) < 4.78 is 19.9. The molecule has 1 aliphatic heterocycles. The van der Waals surface area contributed by atoms with Gasteiger partial charge in [-0.2, -0.15) is 12.6 Å². The molecule has 2 aromatic carbocycles. The highest BCUT2D eigenvalue weighted by molar-refractivity contribution is 7.81. The number of fused-ring (bicyclic) bond motifs is 2. The average molecular weight is 473 g/mol. The molecule has 1 aliphatic rings. The van der Waals surface area contributed by atoms with Gasteiger partial charge >= 0.3 is 0 Å². The predicted octanol–water partition coefficient (Wildman–Crippen LogP) is 6.83. The van der Waals surface area contributed by atoms with Crippen molar-refractivity contribution in [1.29, 1.82) is 0 Å². The lowest BCUT2D eigenvalue weighted by molar-refractivity contribution is 0.563. The van der Waals surface area contributed by atoms with Crippen molar-refractivity contribution in [3.63, 3.8) is 0 Å². The van der Waals surface area contributed by atoms with Gasteiger partial charge in [-0.05, 0) is 55.7 Å². The van der Waals surface area contributed by atoms with Crippen LogP contribution in [0.15, 0.2) is 39.5 Å². The first kappa shape index (κ1) is 26.9. The number of thiol groups is 1. The molecular weight excluding hydrogens is 435 g/mol. The van der Waals surface area contributed by atoms with Gasteiger partial charge in [-0.3, -0.25) is 4.79 Å². The third-order valence-corrected chi connectivity index (χ3v) is 5.04. The molecule has 0 radical (unpaired) electrons. The van der Waals surface area contributed by atoms with Crippen LogP contribution in [-0.4, -0.2) is 4.75 Å². The smallest absolute Gasteiger partial charge is 0.203 e. The van der Waals surface area contributed by atoms with Gasteiger partial charge < -0.3 is 15.1 Å². The van der Waals surface area contributed by atoms with Gasteiger partial charge in [-0.15, -0.1) is 0 Å². The zero-order valence-electron chi connectivity index (χ0n) is 21.0. The molecule has 33 heavy (non-hydrogen) atoms. The summed E-state index contributed by atoms with van der Waals surface area (Å²) in [5.41, 5.74) is 10.9. The monoisotopic (exact) mass is 472 g/mol. The molecule has 4 rings (SSSR count). The number of anilines is 1. The van der Waals surface area contributed by atoms with Gasteiger partial charge in [-0.1, -0.05) is 46.8 Å². The second-order valence-electron chi connectivity index (χ2n) is 9.32. The van der Waals surface area contributed by atoms with Crippen molar-refractivity contribution in [2.45, 2.75) is 79.3 Å². The van der Waals surface area contributed by atoms with Gasteiger partial charge in [0.25, 0.3) is 0 Å². The van der Waals surface area contributed by atoms with E-state index in [-0.39, 0.29) is 22.0 Å². The van der Waals surface area contributed by atoms with E-state index in [0.29, 0.717) is 35.5 Å². The lowest BCUT2D eigenvalue weighted by Crippen LogP contribution is -2.20. The van der Waals surface area contributed by atoms with Crippen molar-refractivity contribution in [1.82, 2.24) is 0 Å². The number of aryl methyl sites for hydroxylation is 1. The van der Waals surface area contributed by atoms with Crippen LogP contribution in [-0.2, 0) is 13.1 Å². The maximum Gasteiger partial charge on any atom is 0.203 e. The third-order valence-electron chi connectivity index (χ3n) is 5.04. The Kier molecular flexibility index (Phi) is 8.77. The quantitative estimate of drug-likeness (QED) is 0.401. The largest absolute Gasteiger partial charge is 0.440 e. The molecule has 1 atom stereocenters. The van der Waals surface area contributed by atoms with Crippen molar-refractivity contribution in [2.75, 3.05) is 4.90 Å². The predicted molar refractivity (Wildman–Crippen MR) is 141 cm³/mol. The van der Waals surface area contributed by atoms with Gasteiger partial charge in [-0.25, -0.2) is 4.39 Å². The van der Waals surface area contributed by atoms with Crippen LogP contribution < -0.4 is 16.1 Å². The fourth-order valence-electron chi connectivity index (χ4n) is 3.70. The topological polar surface area (TPSA) is 59.5 Å². The Bertz CT molecular complexity index is 1170. The summed E-state index contributed by atoms with van der Waals surface area (Å²) in [5.74, 6) is 0.280. The molecular formula is C27H37FN2O2S. The molecule has 1 unspecified atom stereocenters. The molecule has 180 valence electrons. The van der Waals surface area contributed by atoms with Crippen LogP contribution in [0.4, 0.5) is 10.3 Å². The van der Waals surface area contributed by atoms with E-state index >= 15 is 0 Å². The molecule has 0 saturated heterocycles. The first-order valence-corrected chi connectivity index (χ1v) is 11.9. The van der Waals surface area contributed by atoms with Crippen molar-refractivity contribution < 1.29 is 8.81 Å². The summed E-state index contributed by atoms with van der Waals surface area (Å²) >= 11 is 4.12. The highest BCUT2D eigenvalue weighted by atomic mass is 32.1. The molecule has 2 N–H and O–H groups in total. The van der Waals surface area contributed by atoms with Crippen LogP contribution in [0.1, 0.15) is 75.4 Å². The van der Waals surface area contributed by atoms with Gasteiger partial charge in [0.15, 0.2) is 5.43 Å². The van der Waals surface area contributed by atoms with E-state index in [1.165, 1.54) is 6.07 Å². The summed E-state index contributed by atoms with van der Waals surface area (Å²) in [6.07, 6.45) is 0. The van der Waals surface area contributed by atoms with Crippen molar-refractivity contribution in [3.05, 3.63) is 74.2 Å². The van der Waals surface area contributed by atoms with Gasteiger partial charge in [0.2, 0.25) is 5.88 Å². The first-order valence-electron chi connectivity index (χ1n) is 11.4. The zero-order valence-corrected chi connectivity index (χ0v) is 21.9. The Morgan fingerprint density at radius 1 is 1.09 bits per heavy atom. The average Bonchev–Trinajstić information content (AvgIpc) is 3.13. The van der Waals surface area contributed by atoms with Crippen molar-refractivity contribution >= 4 is 29.5 Å². The summed E-state index contributed by atoms with van der Waals surface area (Å²) in [6, 6.07) is 8.35. The van der Waals surface area contributed by atoms with Gasteiger partial charge in [0.05, 0.1) is 10.9 Å². The third kappa shape index (κ3) is 6.61. The maximum absolute atomic E-state index is 13.5. The van der Waals surface area contributed by atoms with Gasteiger partial charge in [0.1, 0.15) is 11.4 Å². The second kappa shape index (κ2) is 10.7. The number of hydrogen-bond donors (Lipinski definition) is 2. The van der Waals surface area contributed by atoms with Crippen LogP contribution in [0.25, 0.3) is 11.0 Å². The molecule has 4 nitrogen and oxygen atoms in total. The number of hydrogen-bond acceptors (Lipinski definition) is 5. The number of benzene rings is 2. The molecule has 0 bridgehead atoms. The summed E-state index contributed by atoms with van der Waals surface area (Å²) in [5, 5.41) is 0.557. The van der Waals surface area contributed by atoms with E-state index in [9.17, 15) is 9.18 Å². The fraction of sp³-hybridized carbons (Fsp3) is 0.444. The minimum atomic E-state index is -0.253. The Balaban J connectivity index is 0.000000489. The normalized spacial score (nSPS) is 13.6. The Labute approximate surface area is 202 Å². The van der Waals surface area contributed by atoms with E-state index in [0.717, 1.165) is 22.3 Å². The number of nitrogens with zero attached hydrogens (tertiary/aromatic N) is 1. The fourth-order valence-corrected chi connectivity index (χ4v) is 3.70. The summed E-state index contributed by atoms with van der Waals surface area (Å²) in [7, 11) is 0. The van der Waals surface area contributed by atoms with Crippen LogP contribution >= 0.6 is 12.6 Å². The minimum Gasteiger partial charge on any atom is -0.440 e. The maximum atomic E-state index is 13.5.